The van der Waals surface area contributed by atoms with Crippen molar-refractivity contribution in [1.82, 2.24) is 19.2 Å². The van der Waals surface area contributed by atoms with Crippen LogP contribution in [0.1, 0.15) is 13.3 Å². The summed E-state index contributed by atoms with van der Waals surface area (Å²) >= 11 is 0. The topological polar surface area (TPSA) is 75.4 Å². The van der Waals surface area contributed by atoms with E-state index in [1.165, 1.54) is 4.68 Å². The van der Waals surface area contributed by atoms with Crippen LogP contribution in [0.4, 0.5) is 11.4 Å². The Kier molecular flexibility index (Phi) is 6.06. The van der Waals surface area contributed by atoms with Gasteiger partial charge in [0.1, 0.15) is 12.1 Å². The van der Waals surface area contributed by atoms with E-state index in [-0.39, 0.29) is 18.0 Å². The molecule has 1 fully saturated rings. The van der Waals surface area contributed by atoms with Crippen LogP contribution >= 0.6 is 0 Å². The van der Waals surface area contributed by atoms with E-state index in [4.69, 9.17) is 0 Å². The molecule has 1 aliphatic heterocycles. The molecule has 0 saturated carbocycles. The van der Waals surface area contributed by atoms with Gasteiger partial charge in [0.05, 0.1) is 17.6 Å². The van der Waals surface area contributed by atoms with Crippen molar-refractivity contribution in [2.75, 3.05) is 43.4 Å². The lowest BCUT2D eigenvalue weighted by molar-refractivity contribution is -0.117. The molecule has 2 aromatic heterocycles. The lowest BCUT2D eigenvalue weighted by atomic mass is 10.2. The molecule has 0 atom stereocenters. The van der Waals surface area contributed by atoms with Crippen molar-refractivity contribution < 1.29 is 4.79 Å². The molecule has 1 saturated heterocycles. The number of para-hydroxylation sites is 3. The zero-order valence-electron chi connectivity index (χ0n) is 19.7. The fourth-order valence-electron chi connectivity index (χ4n) is 4.79. The number of aryl methyl sites for hydroxylation is 1. The SMILES string of the molecule is CCCn1c2ccccc2c2cnn(CC(=O)Nc3ccccc3N3CCN(C)CC3)c(=O)c21. The molecule has 0 spiro atoms. The highest BCUT2D eigenvalue weighted by Gasteiger charge is 2.19. The summed E-state index contributed by atoms with van der Waals surface area (Å²) in [5, 5.41) is 9.19. The van der Waals surface area contributed by atoms with E-state index in [1.807, 2.05) is 53.1 Å². The summed E-state index contributed by atoms with van der Waals surface area (Å²) in [6.45, 7) is 6.45. The molecule has 1 amide bonds. The first-order chi connectivity index (χ1) is 16.6. The van der Waals surface area contributed by atoms with Crippen molar-refractivity contribution in [3.05, 3.63) is 65.1 Å². The third kappa shape index (κ3) is 4.05. The molecule has 0 unspecified atom stereocenters. The monoisotopic (exact) mass is 458 g/mol. The quantitative estimate of drug-likeness (QED) is 0.480. The second-order valence-electron chi connectivity index (χ2n) is 8.89. The van der Waals surface area contributed by atoms with Gasteiger partial charge in [-0.1, -0.05) is 37.3 Å². The molecule has 176 valence electrons. The molecule has 34 heavy (non-hydrogen) atoms. The molecule has 1 aliphatic rings. The minimum atomic E-state index is -0.270. The van der Waals surface area contributed by atoms with Gasteiger partial charge in [-0.15, -0.1) is 0 Å². The summed E-state index contributed by atoms with van der Waals surface area (Å²) < 4.78 is 3.31. The normalized spacial score (nSPS) is 14.7. The molecule has 8 nitrogen and oxygen atoms in total. The Labute approximate surface area is 198 Å². The number of aromatic nitrogens is 3. The maximum absolute atomic E-state index is 13.4. The zero-order chi connectivity index (χ0) is 23.7. The average molecular weight is 459 g/mol. The van der Waals surface area contributed by atoms with Crippen LogP contribution in [0.15, 0.2) is 59.5 Å². The first-order valence-electron chi connectivity index (χ1n) is 11.9. The van der Waals surface area contributed by atoms with E-state index in [0.29, 0.717) is 5.52 Å². The number of piperazine rings is 1. The summed E-state index contributed by atoms with van der Waals surface area (Å²) in [4.78, 5) is 31.0. The molecule has 0 radical (unpaired) electrons. The molecule has 2 aromatic carbocycles. The number of hydrogen-bond donors (Lipinski definition) is 1. The maximum Gasteiger partial charge on any atom is 0.291 e. The van der Waals surface area contributed by atoms with Crippen LogP contribution in [-0.2, 0) is 17.9 Å². The van der Waals surface area contributed by atoms with Crippen LogP contribution in [0.3, 0.4) is 0 Å². The molecular weight excluding hydrogens is 428 g/mol. The number of benzene rings is 2. The highest BCUT2D eigenvalue weighted by atomic mass is 16.2. The molecule has 3 heterocycles. The Morgan fingerprint density at radius 1 is 1.00 bits per heavy atom. The van der Waals surface area contributed by atoms with E-state index in [1.54, 1.807) is 6.20 Å². The largest absolute Gasteiger partial charge is 0.367 e. The maximum atomic E-state index is 13.4. The second-order valence-corrected chi connectivity index (χ2v) is 8.89. The van der Waals surface area contributed by atoms with Crippen molar-refractivity contribution in [2.45, 2.75) is 26.4 Å². The number of amides is 1. The second kappa shape index (κ2) is 9.30. The predicted octanol–water partition coefficient (Wildman–Crippen LogP) is 3.15. The highest BCUT2D eigenvalue weighted by molar-refractivity contribution is 6.07. The third-order valence-electron chi connectivity index (χ3n) is 6.54. The Hall–Kier alpha value is -3.65. The Morgan fingerprint density at radius 3 is 2.53 bits per heavy atom. The van der Waals surface area contributed by atoms with Crippen LogP contribution in [0.2, 0.25) is 0 Å². The number of likely N-dealkylation sites (N-methyl/N-ethyl adjacent to an activating group) is 1. The molecule has 8 heteroatoms. The van der Waals surface area contributed by atoms with Crippen molar-refractivity contribution in [3.8, 4) is 0 Å². The lowest BCUT2D eigenvalue weighted by Gasteiger charge is -2.35. The van der Waals surface area contributed by atoms with Gasteiger partial charge in [0.2, 0.25) is 5.91 Å². The van der Waals surface area contributed by atoms with Gasteiger partial charge in [-0.3, -0.25) is 9.59 Å². The van der Waals surface area contributed by atoms with Crippen molar-refractivity contribution in [3.63, 3.8) is 0 Å². The van der Waals surface area contributed by atoms with Crippen LogP contribution < -0.4 is 15.8 Å². The summed E-state index contributed by atoms with van der Waals surface area (Å²) in [6.07, 6.45) is 2.61. The summed E-state index contributed by atoms with van der Waals surface area (Å²) in [6, 6.07) is 15.8. The Morgan fingerprint density at radius 2 is 1.74 bits per heavy atom. The molecule has 5 rings (SSSR count). The van der Waals surface area contributed by atoms with Gasteiger partial charge in [-0.25, -0.2) is 4.68 Å². The number of hydrogen-bond acceptors (Lipinski definition) is 5. The molecule has 0 aliphatic carbocycles. The lowest BCUT2D eigenvalue weighted by Crippen LogP contribution is -2.44. The number of anilines is 2. The first-order valence-corrected chi connectivity index (χ1v) is 11.9. The summed E-state index contributed by atoms with van der Waals surface area (Å²) in [5.41, 5.74) is 3.13. The Balaban J connectivity index is 1.43. The smallest absolute Gasteiger partial charge is 0.291 e. The third-order valence-corrected chi connectivity index (χ3v) is 6.54. The fourth-order valence-corrected chi connectivity index (χ4v) is 4.79. The van der Waals surface area contributed by atoms with Gasteiger partial charge < -0.3 is 19.7 Å². The number of carbonyl (C=O) groups is 1. The van der Waals surface area contributed by atoms with Gasteiger partial charge in [0, 0.05) is 49.0 Å². The van der Waals surface area contributed by atoms with Gasteiger partial charge in [-0.05, 0) is 31.7 Å². The fraction of sp³-hybridized carbons (Fsp3) is 0.346. The van der Waals surface area contributed by atoms with Crippen LogP contribution in [0, 0.1) is 0 Å². The molecule has 0 bridgehead atoms. The zero-order valence-corrected chi connectivity index (χ0v) is 19.7. The van der Waals surface area contributed by atoms with Crippen molar-refractivity contribution in [1.29, 1.82) is 0 Å². The van der Waals surface area contributed by atoms with Gasteiger partial charge in [0.15, 0.2) is 0 Å². The van der Waals surface area contributed by atoms with E-state index >= 15 is 0 Å². The van der Waals surface area contributed by atoms with Gasteiger partial charge in [-0.2, -0.15) is 5.10 Å². The van der Waals surface area contributed by atoms with E-state index < -0.39 is 0 Å². The number of nitrogens with zero attached hydrogens (tertiary/aromatic N) is 5. The minimum Gasteiger partial charge on any atom is -0.367 e. The predicted molar refractivity (Wildman–Crippen MR) is 137 cm³/mol. The molecular formula is C26H30N6O2. The summed E-state index contributed by atoms with van der Waals surface area (Å²) in [5.74, 6) is -0.270. The number of carbonyl (C=O) groups excluding carboxylic acids is 1. The van der Waals surface area contributed by atoms with E-state index in [2.05, 4.69) is 34.2 Å². The van der Waals surface area contributed by atoms with Crippen LogP contribution in [0.25, 0.3) is 21.8 Å². The van der Waals surface area contributed by atoms with Crippen molar-refractivity contribution >= 4 is 39.1 Å². The summed E-state index contributed by atoms with van der Waals surface area (Å²) in [7, 11) is 2.12. The first kappa shape index (κ1) is 22.2. The number of nitrogens with one attached hydrogen (secondary N) is 1. The Bertz CT molecular complexity index is 1400. The number of fused-ring (bicyclic) bond motifs is 3. The number of rotatable bonds is 6. The standard InChI is InChI=1S/C26H30N6O2/c1-3-12-31-22-10-6-4-8-19(22)20-17-27-32(26(34)25(20)31)18-24(33)28-21-9-5-7-11-23(21)30-15-13-29(2)14-16-30/h4-11,17H,3,12-16,18H2,1-2H3,(H,28,33). The molecule has 4 aromatic rings. The molecule has 1 N–H and O–H groups in total. The minimum absolute atomic E-state index is 0.139. The van der Waals surface area contributed by atoms with Gasteiger partial charge >= 0.3 is 0 Å². The van der Waals surface area contributed by atoms with Crippen LogP contribution in [-0.4, -0.2) is 58.4 Å². The van der Waals surface area contributed by atoms with Crippen LogP contribution in [0.5, 0.6) is 0 Å². The van der Waals surface area contributed by atoms with Gasteiger partial charge in [0.25, 0.3) is 5.56 Å². The van der Waals surface area contributed by atoms with E-state index in [9.17, 15) is 9.59 Å². The van der Waals surface area contributed by atoms with E-state index in [0.717, 1.165) is 66.8 Å². The highest BCUT2D eigenvalue weighted by Crippen LogP contribution is 2.28. The average Bonchev–Trinajstić information content (AvgIpc) is 3.16. The van der Waals surface area contributed by atoms with Crippen molar-refractivity contribution in [2.24, 2.45) is 0 Å².